The third-order valence-electron chi connectivity index (χ3n) is 2.02. The van der Waals surface area contributed by atoms with Crippen molar-refractivity contribution >= 4 is 22.7 Å². The van der Waals surface area contributed by atoms with Crippen LogP contribution in [-0.2, 0) is 4.79 Å². The van der Waals surface area contributed by atoms with Gasteiger partial charge in [-0.3, -0.25) is 4.79 Å². The van der Waals surface area contributed by atoms with Crippen molar-refractivity contribution in [2.24, 2.45) is 11.1 Å². The molecule has 0 rings (SSSR count). The number of unbranched alkanes of at least 4 members (excludes halogenated alkanes) is 1. The highest BCUT2D eigenvalue weighted by molar-refractivity contribution is 8.13. The zero-order valence-corrected chi connectivity index (χ0v) is 9.73. The van der Waals surface area contributed by atoms with Gasteiger partial charge < -0.3 is 10.5 Å². The molecule has 4 nitrogen and oxygen atoms in total. The molecule has 0 aliphatic rings. The smallest absolute Gasteiger partial charge is 0.229 e. The molecule has 0 spiro atoms. The fourth-order valence-corrected chi connectivity index (χ4v) is 1.79. The Bertz CT molecular complexity index is 207. The summed E-state index contributed by atoms with van der Waals surface area (Å²) in [4.78, 5) is 11.5. The monoisotopic (exact) mass is 218 g/mol. The van der Waals surface area contributed by atoms with Gasteiger partial charge in [0.25, 0.3) is 0 Å². The number of rotatable bonds is 5. The van der Waals surface area contributed by atoms with E-state index in [0.717, 1.165) is 19.3 Å². The Morgan fingerprint density at radius 3 is 2.64 bits per heavy atom. The van der Waals surface area contributed by atoms with Crippen molar-refractivity contribution < 1.29 is 10.0 Å². The SMILES string of the molecule is CCCCC(C(=O)NC)C(=NO)SC. The first-order valence-electron chi connectivity index (χ1n) is 4.68. The predicted molar refractivity (Wildman–Crippen MR) is 59.8 cm³/mol. The minimum Gasteiger partial charge on any atom is -0.410 e. The van der Waals surface area contributed by atoms with Crippen LogP contribution in [0.1, 0.15) is 26.2 Å². The average molecular weight is 218 g/mol. The largest absolute Gasteiger partial charge is 0.410 e. The van der Waals surface area contributed by atoms with Crippen molar-refractivity contribution in [3.63, 3.8) is 0 Å². The van der Waals surface area contributed by atoms with Crippen LogP contribution in [0, 0.1) is 5.92 Å². The lowest BCUT2D eigenvalue weighted by Gasteiger charge is -2.14. The van der Waals surface area contributed by atoms with Crippen LogP contribution >= 0.6 is 11.8 Å². The summed E-state index contributed by atoms with van der Waals surface area (Å²) in [6.07, 6.45) is 4.52. The molecule has 0 aliphatic heterocycles. The molecule has 0 heterocycles. The Balaban J connectivity index is 4.45. The van der Waals surface area contributed by atoms with Gasteiger partial charge in [-0.1, -0.05) is 24.9 Å². The molecule has 0 radical (unpaired) electrons. The summed E-state index contributed by atoms with van der Waals surface area (Å²) in [7, 11) is 1.59. The lowest BCUT2D eigenvalue weighted by atomic mass is 10.0. The van der Waals surface area contributed by atoms with E-state index in [-0.39, 0.29) is 11.8 Å². The maximum absolute atomic E-state index is 11.5. The Morgan fingerprint density at radius 2 is 2.29 bits per heavy atom. The molecule has 0 aromatic carbocycles. The van der Waals surface area contributed by atoms with E-state index in [4.69, 9.17) is 5.21 Å². The maximum atomic E-state index is 11.5. The first-order chi connectivity index (χ1) is 6.71. The van der Waals surface area contributed by atoms with Gasteiger partial charge in [-0.2, -0.15) is 0 Å². The first-order valence-corrected chi connectivity index (χ1v) is 5.91. The zero-order chi connectivity index (χ0) is 11.0. The number of carbonyl (C=O) groups is 1. The zero-order valence-electron chi connectivity index (χ0n) is 8.91. The van der Waals surface area contributed by atoms with Crippen molar-refractivity contribution in [2.75, 3.05) is 13.3 Å². The summed E-state index contributed by atoms with van der Waals surface area (Å²) in [6.45, 7) is 2.07. The number of hydrogen-bond donors (Lipinski definition) is 2. The second kappa shape index (κ2) is 7.67. The number of nitrogens with zero attached hydrogens (tertiary/aromatic N) is 1. The molecule has 5 heteroatoms. The molecule has 0 bridgehead atoms. The molecule has 82 valence electrons. The summed E-state index contributed by atoms with van der Waals surface area (Å²) in [5.74, 6) is -0.388. The number of oxime groups is 1. The average Bonchev–Trinajstić information content (AvgIpc) is 2.23. The molecule has 1 unspecified atom stereocenters. The highest BCUT2D eigenvalue weighted by Crippen LogP contribution is 2.17. The molecule has 2 N–H and O–H groups in total. The molecule has 0 saturated carbocycles. The molecule has 14 heavy (non-hydrogen) atoms. The summed E-state index contributed by atoms with van der Waals surface area (Å²) >= 11 is 1.31. The number of amides is 1. The summed E-state index contributed by atoms with van der Waals surface area (Å²) in [5, 5.41) is 14.9. The quantitative estimate of drug-likeness (QED) is 0.319. The second-order valence-electron chi connectivity index (χ2n) is 2.95. The van der Waals surface area contributed by atoms with E-state index in [9.17, 15) is 4.79 Å². The van der Waals surface area contributed by atoms with E-state index >= 15 is 0 Å². The van der Waals surface area contributed by atoms with Crippen LogP contribution in [0.4, 0.5) is 0 Å². The first kappa shape index (κ1) is 13.3. The van der Waals surface area contributed by atoms with E-state index in [1.807, 2.05) is 0 Å². The maximum Gasteiger partial charge on any atom is 0.229 e. The number of nitrogens with one attached hydrogen (secondary N) is 1. The summed E-state index contributed by atoms with van der Waals surface area (Å²) in [5.41, 5.74) is 0. The normalized spacial score (nSPS) is 13.8. The second-order valence-corrected chi connectivity index (χ2v) is 3.78. The van der Waals surface area contributed by atoms with E-state index in [1.54, 1.807) is 13.3 Å². The van der Waals surface area contributed by atoms with Gasteiger partial charge in [0.15, 0.2) is 0 Å². The molecule has 0 aliphatic carbocycles. The van der Waals surface area contributed by atoms with Crippen molar-refractivity contribution in [3.05, 3.63) is 0 Å². The van der Waals surface area contributed by atoms with Gasteiger partial charge in [0.05, 0.1) is 5.92 Å². The molecule has 0 aromatic heterocycles. The van der Waals surface area contributed by atoms with Crippen molar-refractivity contribution in [1.82, 2.24) is 5.32 Å². The standard InChI is InChI=1S/C9H18N2O2S/c1-4-5-6-7(8(12)10-2)9(11-13)14-3/h7,13H,4-6H2,1-3H3,(H,10,12). The van der Waals surface area contributed by atoms with Gasteiger partial charge in [-0.25, -0.2) is 0 Å². The molecule has 0 aromatic rings. The van der Waals surface area contributed by atoms with Crippen LogP contribution in [0.25, 0.3) is 0 Å². The predicted octanol–water partition coefficient (Wildman–Crippen LogP) is 1.69. The molecular formula is C9H18N2O2S. The molecule has 0 fully saturated rings. The minimum absolute atomic E-state index is 0.0828. The lowest BCUT2D eigenvalue weighted by Crippen LogP contribution is -2.31. The van der Waals surface area contributed by atoms with Gasteiger partial charge in [0, 0.05) is 7.05 Å². The van der Waals surface area contributed by atoms with E-state index in [2.05, 4.69) is 17.4 Å². The summed E-state index contributed by atoms with van der Waals surface area (Å²) in [6, 6.07) is 0. The Morgan fingerprint density at radius 1 is 1.64 bits per heavy atom. The van der Waals surface area contributed by atoms with Gasteiger partial charge in [-0.05, 0) is 12.7 Å². The topological polar surface area (TPSA) is 61.7 Å². The molecule has 1 atom stereocenters. The van der Waals surface area contributed by atoms with E-state index < -0.39 is 0 Å². The highest BCUT2D eigenvalue weighted by atomic mass is 32.2. The molecule has 0 saturated heterocycles. The van der Waals surface area contributed by atoms with Crippen molar-refractivity contribution in [3.8, 4) is 0 Å². The van der Waals surface area contributed by atoms with Crippen molar-refractivity contribution in [2.45, 2.75) is 26.2 Å². The van der Waals surface area contributed by atoms with Crippen LogP contribution in [0.15, 0.2) is 5.16 Å². The lowest BCUT2D eigenvalue weighted by molar-refractivity contribution is -0.122. The van der Waals surface area contributed by atoms with E-state index in [1.165, 1.54) is 11.8 Å². The fourth-order valence-electron chi connectivity index (χ4n) is 1.20. The van der Waals surface area contributed by atoms with Gasteiger partial charge in [0.1, 0.15) is 5.04 Å². The van der Waals surface area contributed by atoms with Crippen LogP contribution in [0.2, 0.25) is 0 Å². The highest BCUT2D eigenvalue weighted by Gasteiger charge is 2.22. The number of thioether (sulfide) groups is 1. The van der Waals surface area contributed by atoms with Crippen molar-refractivity contribution in [1.29, 1.82) is 0 Å². The van der Waals surface area contributed by atoms with Crippen LogP contribution < -0.4 is 5.32 Å². The third kappa shape index (κ3) is 4.00. The third-order valence-corrected chi connectivity index (χ3v) is 2.80. The Hall–Kier alpha value is -0.710. The van der Waals surface area contributed by atoms with Gasteiger partial charge in [-0.15, -0.1) is 11.8 Å². The van der Waals surface area contributed by atoms with E-state index in [0.29, 0.717) is 5.04 Å². The Labute approximate surface area is 89.1 Å². The van der Waals surface area contributed by atoms with Crippen LogP contribution in [0.5, 0.6) is 0 Å². The molecule has 1 amide bonds. The van der Waals surface area contributed by atoms with Crippen LogP contribution in [0.3, 0.4) is 0 Å². The number of carbonyl (C=O) groups excluding carboxylic acids is 1. The summed E-state index contributed by atoms with van der Waals surface area (Å²) < 4.78 is 0. The Kier molecular flexibility index (Phi) is 7.28. The van der Waals surface area contributed by atoms with Gasteiger partial charge >= 0.3 is 0 Å². The number of hydrogen-bond acceptors (Lipinski definition) is 4. The minimum atomic E-state index is -0.306. The van der Waals surface area contributed by atoms with Gasteiger partial charge in [0.2, 0.25) is 5.91 Å². The molecular weight excluding hydrogens is 200 g/mol. The van der Waals surface area contributed by atoms with Crippen LogP contribution in [-0.4, -0.2) is 29.5 Å². The fraction of sp³-hybridized carbons (Fsp3) is 0.778.